The smallest absolute Gasteiger partial charge is 0.481 e. The number of carbonyl (C=O) groups is 4. The van der Waals surface area contributed by atoms with Gasteiger partial charge in [0.1, 0.15) is 36.3 Å². The summed E-state index contributed by atoms with van der Waals surface area (Å²) in [7, 11) is -16.4. The monoisotopic (exact) mass is 1010 g/mol. The van der Waals surface area contributed by atoms with E-state index < -0.39 is 90.5 Å². The molecule has 11 N–H and O–H groups in total. The standard InChI is InChI=1S/C35H58N7O19P3S/c1-35(2,30(48)33(49)38-16-15-24(43)37-17-18-65-26(46)14-12-10-8-6-4-3-5-7-9-11-13-25(44)45)20-58-64(55,56)61-63(53,54)57-19-23-29(60-62(50,51)52)28(47)34(59-23)42-22-41-27-31(36)39-21-40-32(27)42/h12,14,21-23,28-30,34,47-48H,3-11,13,15-20H2,1-2H3,(H,37,43)(H,38,49)(H,44,45)(H,53,54)(H,55,56)(H2,36,39,40)(H2,50,51,52)/b14-12+. The lowest BCUT2D eigenvalue weighted by molar-refractivity contribution is -0.137. The van der Waals surface area contributed by atoms with Crippen LogP contribution in [-0.4, -0.2) is 134 Å². The zero-order chi connectivity index (χ0) is 48.4. The third kappa shape index (κ3) is 20.3. The topological polar surface area (TPSA) is 401 Å². The minimum Gasteiger partial charge on any atom is -0.481 e. The quantitative estimate of drug-likeness (QED) is 0.0294. The molecule has 3 rings (SSSR count). The van der Waals surface area contributed by atoms with Crippen LogP contribution in [-0.2, 0) is 55.5 Å². The number of carboxylic acid groups (broad SMARTS) is 1. The van der Waals surface area contributed by atoms with Gasteiger partial charge in [0.15, 0.2) is 17.7 Å². The number of nitrogen functional groups attached to an aromatic ring is 1. The highest BCUT2D eigenvalue weighted by Crippen LogP contribution is 2.61. The van der Waals surface area contributed by atoms with Crippen LogP contribution in [0, 0.1) is 5.41 Å². The van der Waals surface area contributed by atoms with E-state index in [1.54, 1.807) is 0 Å². The first-order chi connectivity index (χ1) is 30.4. The van der Waals surface area contributed by atoms with Crippen LogP contribution in [0.5, 0.6) is 0 Å². The van der Waals surface area contributed by atoms with Crippen molar-refractivity contribution in [2.24, 2.45) is 5.41 Å². The van der Waals surface area contributed by atoms with Crippen LogP contribution in [0.15, 0.2) is 24.8 Å². The number of carbonyl (C=O) groups excluding carboxylic acids is 3. The maximum atomic E-state index is 12.7. The molecule has 1 aliphatic rings. The summed E-state index contributed by atoms with van der Waals surface area (Å²) < 4.78 is 62.3. The number of phosphoric ester groups is 3. The number of hydrogen-bond acceptors (Lipinski definition) is 19. The van der Waals surface area contributed by atoms with Crippen molar-refractivity contribution in [3.8, 4) is 0 Å². The fourth-order valence-electron chi connectivity index (χ4n) is 6.11. The van der Waals surface area contributed by atoms with Crippen LogP contribution in [0.2, 0.25) is 0 Å². The first-order valence-corrected chi connectivity index (χ1v) is 25.9. The molecule has 7 atom stereocenters. The van der Waals surface area contributed by atoms with Gasteiger partial charge in [-0.2, -0.15) is 4.31 Å². The molecule has 0 aliphatic carbocycles. The number of thioether (sulfide) groups is 1. The number of nitrogens with zero attached hydrogens (tertiary/aromatic N) is 4. The molecule has 0 bridgehead atoms. The molecule has 2 amide bonds. The second kappa shape index (κ2) is 26.3. The van der Waals surface area contributed by atoms with Crippen molar-refractivity contribution in [2.45, 2.75) is 115 Å². The third-order valence-corrected chi connectivity index (χ3v) is 13.4. The van der Waals surface area contributed by atoms with Gasteiger partial charge >= 0.3 is 29.4 Å². The number of imidazole rings is 1. The Hall–Kier alpha value is -3.23. The first kappa shape index (κ1) is 56.1. The summed E-state index contributed by atoms with van der Waals surface area (Å²) in [5.74, 6) is -1.94. The number of hydrogen-bond donors (Lipinski definition) is 10. The number of nitrogens with one attached hydrogen (secondary N) is 2. The van der Waals surface area contributed by atoms with E-state index in [-0.39, 0.29) is 48.0 Å². The van der Waals surface area contributed by atoms with Gasteiger partial charge in [-0.25, -0.2) is 28.6 Å². The van der Waals surface area contributed by atoms with Crippen molar-refractivity contribution in [3.63, 3.8) is 0 Å². The molecule has 26 nitrogen and oxygen atoms in total. The van der Waals surface area contributed by atoms with Crippen LogP contribution < -0.4 is 16.4 Å². The van der Waals surface area contributed by atoms with Crippen molar-refractivity contribution < 1.29 is 90.4 Å². The zero-order valence-corrected chi connectivity index (χ0v) is 39.2. The Morgan fingerprint density at radius 1 is 0.938 bits per heavy atom. The SMILES string of the molecule is CC(C)(COP(=O)(O)OP(=O)(O)OCC1OC(n2cnc3c(N)ncnc32)C(O)C1OP(=O)(O)O)C(O)C(=O)NCCC(=O)NCCSC(=O)/C=C/CCCCCCCCCCC(=O)O. The molecule has 2 aromatic heterocycles. The summed E-state index contributed by atoms with van der Waals surface area (Å²) in [5, 5.41) is 35.0. The van der Waals surface area contributed by atoms with Gasteiger partial charge in [-0.15, -0.1) is 0 Å². The Morgan fingerprint density at radius 3 is 2.25 bits per heavy atom. The third-order valence-electron chi connectivity index (χ3n) is 9.51. The minimum atomic E-state index is -5.59. The van der Waals surface area contributed by atoms with Gasteiger partial charge in [-0.3, -0.25) is 37.3 Å². The number of unbranched alkanes of at least 4 members (excludes halogenated alkanes) is 8. The molecule has 0 saturated carbocycles. The molecular weight excluding hydrogens is 947 g/mol. The first-order valence-electron chi connectivity index (χ1n) is 20.4. The summed E-state index contributed by atoms with van der Waals surface area (Å²) in [6, 6.07) is 0. The molecule has 2 aromatic rings. The largest absolute Gasteiger partial charge is 0.481 e. The number of allylic oxidation sites excluding steroid dienone is 1. The summed E-state index contributed by atoms with van der Waals surface area (Å²) >= 11 is 1.03. The average molecular weight is 1010 g/mol. The highest BCUT2D eigenvalue weighted by Gasteiger charge is 2.50. The van der Waals surface area contributed by atoms with Crippen LogP contribution >= 0.6 is 35.2 Å². The molecule has 7 unspecified atom stereocenters. The summed E-state index contributed by atoms with van der Waals surface area (Å²) in [6.07, 6.45) is 5.23. The predicted octanol–water partition coefficient (Wildman–Crippen LogP) is 2.21. The van der Waals surface area contributed by atoms with Crippen molar-refractivity contribution >= 4 is 75.1 Å². The number of phosphoric acid groups is 3. The molecule has 0 radical (unpaired) electrons. The highest BCUT2D eigenvalue weighted by atomic mass is 32.2. The summed E-state index contributed by atoms with van der Waals surface area (Å²) in [4.78, 5) is 98.5. The number of nitrogens with two attached hydrogens (primary N) is 1. The van der Waals surface area contributed by atoms with Crippen LogP contribution in [0.4, 0.5) is 5.82 Å². The molecule has 3 heterocycles. The molecule has 368 valence electrons. The number of fused-ring (bicyclic) bond motifs is 1. The normalized spacial score (nSPS) is 20.4. The van der Waals surface area contributed by atoms with E-state index in [1.807, 2.05) is 6.08 Å². The zero-order valence-electron chi connectivity index (χ0n) is 35.7. The van der Waals surface area contributed by atoms with Gasteiger partial charge in [-0.05, 0) is 25.3 Å². The Kier molecular flexibility index (Phi) is 22.7. The van der Waals surface area contributed by atoms with Crippen LogP contribution in [0.25, 0.3) is 11.2 Å². The number of anilines is 1. The molecule has 30 heteroatoms. The Bertz CT molecular complexity index is 2070. The summed E-state index contributed by atoms with van der Waals surface area (Å²) in [5.41, 5.74) is 4.25. The van der Waals surface area contributed by atoms with Crippen LogP contribution in [0.1, 0.15) is 90.7 Å². The van der Waals surface area contributed by atoms with E-state index in [2.05, 4.69) is 34.4 Å². The Labute approximate surface area is 377 Å². The highest BCUT2D eigenvalue weighted by molar-refractivity contribution is 8.14. The number of aliphatic hydroxyl groups is 2. The number of aliphatic hydroxyl groups excluding tert-OH is 2. The second-order valence-electron chi connectivity index (χ2n) is 15.4. The molecular formula is C35H58N7O19P3S. The van der Waals surface area contributed by atoms with E-state index in [0.717, 1.165) is 80.4 Å². The lowest BCUT2D eigenvalue weighted by Crippen LogP contribution is -2.46. The van der Waals surface area contributed by atoms with Gasteiger partial charge in [0.2, 0.25) is 16.9 Å². The number of carboxylic acids is 1. The molecule has 0 spiro atoms. The van der Waals surface area contributed by atoms with Gasteiger partial charge < -0.3 is 56.0 Å². The predicted molar refractivity (Wildman–Crippen MR) is 230 cm³/mol. The molecule has 1 fully saturated rings. The summed E-state index contributed by atoms with van der Waals surface area (Å²) in [6.45, 7) is 0.422. The van der Waals surface area contributed by atoms with Gasteiger partial charge in [0, 0.05) is 37.1 Å². The van der Waals surface area contributed by atoms with E-state index in [4.69, 9.17) is 24.6 Å². The lowest BCUT2D eigenvalue weighted by atomic mass is 9.87. The minimum absolute atomic E-state index is 0.0255. The van der Waals surface area contributed by atoms with Gasteiger partial charge in [0.25, 0.3) is 0 Å². The van der Waals surface area contributed by atoms with Crippen molar-refractivity contribution in [2.75, 3.05) is 37.8 Å². The molecule has 0 aromatic carbocycles. The Morgan fingerprint density at radius 2 is 1.58 bits per heavy atom. The average Bonchev–Trinajstić information content (AvgIpc) is 3.77. The van der Waals surface area contributed by atoms with Gasteiger partial charge in [-0.1, -0.05) is 70.2 Å². The van der Waals surface area contributed by atoms with E-state index >= 15 is 0 Å². The van der Waals surface area contributed by atoms with E-state index in [1.165, 1.54) is 19.9 Å². The maximum Gasteiger partial charge on any atom is 0.481 e. The number of ether oxygens (including phenoxy) is 1. The second-order valence-corrected chi connectivity index (χ2v) is 20.7. The van der Waals surface area contributed by atoms with Crippen molar-refractivity contribution in [3.05, 3.63) is 24.8 Å². The molecule has 1 saturated heterocycles. The van der Waals surface area contributed by atoms with Crippen molar-refractivity contribution in [1.82, 2.24) is 30.2 Å². The molecule has 1 aliphatic heterocycles. The molecule has 65 heavy (non-hydrogen) atoms. The van der Waals surface area contributed by atoms with Crippen LogP contribution in [0.3, 0.4) is 0 Å². The number of amides is 2. The number of rotatable bonds is 31. The van der Waals surface area contributed by atoms with Crippen molar-refractivity contribution in [1.29, 1.82) is 0 Å². The van der Waals surface area contributed by atoms with E-state index in [9.17, 15) is 62.7 Å². The number of aromatic nitrogens is 4. The van der Waals surface area contributed by atoms with Gasteiger partial charge in [0.05, 0.1) is 19.5 Å². The Balaban J connectivity index is 1.34. The maximum absolute atomic E-state index is 12.7. The van der Waals surface area contributed by atoms with E-state index in [0.29, 0.717) is 12.2 Å². The fourth-order valence-corrected chi connectivity index (χ4v) is 9.54. The number of aliphatic carboxylic acids is 1. The fraction of sp³-hybridized carbons (Fsp3) is 0.686. The lowest BCUT2D eigenvalue weighted by Gasteiger charge is -2.30.